The van der Waals surface area contributed by atoms with Crippen LogP contribution in [0.4, 0.5) is 0 Å². The summed E-state index contributed by atoms with van der Waals surface area (Å²) in [4.78, 5) is 42.4. The second-order valence-electron chi connectivity index (χ2n) is 7.51. The van der Waals surface area contributed by atoms with Gasteiger partial charge in [0.1, 0.15) is 22.8 Å². The van der Waals surface area contributed by atoms with E-state index in [0.29, 0.717) is 22.9 Å². The Morgan fingerprint density at radius 3 is 2.75 bits per heavy atom. The molecule has 2 amide bonds. The number of carbonyl (C=O) groups is 3. The van der Waals surface area contributed by atoms with Gasteiger partial charge in [-0.25, -0.2) is 9.78 Å². The third kappa shape index (κ3) is 7.64. The Balaban J connectivity index is 2.34. The van der Waals surface area contributed by atoms with Crippen molar-refractivity contribution in [1.29, 1.82) is 0 Å². The summed E-state index contributed by atoms with van der Waals surface area (Å²) in [7, 11) is 0. The van der Waals surface area contributed by atoms with Crippen LogP contribution in [-0.4, -0.2) is 45.8 Å². The van der Waals surface area contributed by atoms with Crippen LogP contribution in [0.5, 0.6) is 0 Å². The van der Waals surface area contributed by atoms with Crippen LogP contribution in [0.25, 0.3) is 0 Å². The average Bonchev–Trinajstić information content (AvgIpc) is 3.22. The Hall–Kier alpha value is -2.37. The van der Waals surface area contributed by atoms with Gasteiger partial charge in [0, 0.05) is 5.38 Å². The zero-order valence-corrected chi connectivity index (χ0v) is 20.0. The van der Waals surface area contributed by atoms with Crippen LogP contribution in [0.2, 0.25) is 0 Å². The Bertz CT molecular complexity index is 868. The molecule has 0 radical (unpaired) electrons. The van der Waals surface area contributed by atoms with E-state index in [2.05, 4.69) is 33.6 Å². The minimum Gasteiger partial charge on any atom is -0.456 e. The zero-order valence-electron chi connectivity index (χ0n) is 18.3. The quantitative estimate of drug-likeness (QED) is 0.191. The van der Waals surface area contributed by atoms with Crippen molar-refractivity contribution in [3.8, 4) is 0 Å². The number of ether oxygens (including phenoxy) is 1. The molecule has 2 heterocycles. The number of hydrogen-bond donors (Lipinski definition) is 5. The highest BCUT2D eigenvalue weighted by atomic mass is 32.1. The second-order valence-corrected chi connectivity index (χ2v) is 8.90. The van der Waals surface area contributed by atoms with Crippen molar-refractivity contribution < 1.29 is 24.2 Å². The predicted octanol–water partition coefficient (Wildman–Crippen LogP) is 1.58. The predicted molar refractivity (Wildman–Crippen MR) is 125 cm³/mol. The first-order chi connectivity index (χ1) is 15.2. The number of esters is 1. The third-order valence-corrected chi connectivity index (χ3v) is 5.75. The van der Waals surface area contributed by atoms with E-state index in [4.69, 9.17) is 4.74 Å². The number of nitrogens with one attached hydrogen (secondary N) is 3. The van der Waals surface area contributed by atoms with E-state index in [1.807, 2.05) is 0 Å². The molecule has 9 nitrogen and oxygen atoms in total. The standard InChI is InChI=1S/C21H30N4O5S2/c1-4-14-19(27)25-18(12(2)3)21(29)30-13(7-5-6-8-31)9-16(26)22-10-17-23-15(11-32-17)20(28)24-14/h4-5,7,11-13,18,20,24,28,31H,6,8-10H2,1-3H3,(H,22,26)(H,25,27)/b7-5+,14-4-/t13-,18+,20?/m1/s1. The van der Waals surface area contributed by atoms with Crippen LogP contribution in [0.1, 0.15) is 50.5 Å². The van der Waals surface area contributed by atoms with Gasteiger partial charge in [-0.05, 0) is 31.1 Å². The van der Waals surface area contributed by atoms with E-state index in [1.165, 1.54) is 17.4 Å². The lowest BCUT2D eigenvalue weighted by Crippen LogP contribution is -2.48. The lowest BCUT2D eigenvalue weighted by Gasteiger charge is -2.24. The Labute approximate surface area is 197 Å². The molecule has 0 aliphatic carbocycles. The molecular weight excluding hydrogens is 452 g/mol. The number of carbonyl (C=O) groups excluding carboxylic acids is 3. The molecule has 1 unspecified atom stereocenters. The van der Waals surface area contributed by atoms with E-state index < -0.39 is 30.3 Å². The molecule has 176 valence electrons. The number of thiazole rings is 1. The van der Waals surface area contributed by atoms with E-state index in [1.54, 1.807) is 38.3 Å². The van der Waals surface area contributed by atoms with Crippen LogP contribution in [0.15, 0.2) is 29.3 Å². The number of aliphatic hydroxyl groups excluding tert-OH is 1. The van der Waals surface area contributed by atoms with E-state index in [-0.39, 0.29) is 30.5 Å². The molecule has 0 spiro atoms. The number of cyclic esters (lactones) is 1. The summed E-state index contributed by atoms with van der Waals surface area (Å²) in [5.74, 6) is -1.18. The summed E-state index contributed by atoms with van der Waals surface area (Å²) >= 11 is 5.43. The molecule has 0 saturated heterocycles. The number of rotatable bonds is 4. The molecule has 0 saturated carbocycles. The molecule has 1 aromatic rings. The fourth-order valence-corrected chi connectivity index (χ4v) is 3.77. The second kappa shape index (κ2) is 12.6. The molecule has 32 heavy (non-hydrogen) atoms. The van der Waals surface area contributed by atoms with Crippen molar-refractivity contribution in [3.63, 3.8) is 0 Å². The first kappa shape index (κ1) is 25.9. The van der Waals surface area contributed by atoms with E-state index in [9.17, 15) is 19.5 Å². The fourth-order valence-electron chi connectivity index (χ4n) is 2.87. The topological polar surface area (TPSA) is 130 Å². The first-order valence-corrected chi connectivity index (χ1v) is 11.9. The number of allylic oxidation sites excluding steroid dienone is 2. The summed E-state index contributed by atoms with van der Waals surface area (Å²) < 4.78 is 5.58. The van der Waals surface area contributed by atoms with Gasteiger partial charge in [0.15, 0.2) is 6.23 Å². The largest absolute Gasteiger partial charge is 0.456 e. The van der Waals surface area contributed by atoms with Crippen LogP contribution < -0.4 is 16.0 Å². The molecule has 0 aromatic carbocycles. The minimum absolute atomic E-state index is 0.0733. The lowest BCUT2D eigenvalue weighted by molar-refractivity contribution is -0.153. The van der Waals surface area contributed by atoms with E-state index in [0.717, 1.165) is 0 Å². The van der Waals surface area contributed by atoms with Gasteiger partial charge in [0.2, 0.25) is 5.91 Å². The van der Waals surface area contributed by atoms with Crippen LogP contribution in [0.3, 0.4) is 0 Å². The van der Waals surface area contributed by atoms with Crippen LogP contribution >= 0.6 is 24.0 Å². The summed E-state index contributed by atoms with van der Waals surface area (Å²) in [6.45, 7) is 5.36. The highest BCUT2D eigenvalue weighted by Gasteiger charge is 2.30. The summed E-state index contributed by atoms with van der Waals surface area (Å²) in [6, 6.07) is -0.945. The Morgan fingerprint density at radius 2 is 2.09 bits per heavy atom. The number of amides is 2. The van der Waals surface area contributed by atoms with Crippen molar-refractivity contribution in [2.45, 2.75) is 58.5 Å². The number of thiol groups is 1. The van der Waals surface area contributed by atoms with E-state index >= 15 is 0 Å². The van der Waals surface area contributed by atoms with Crippen molar-refractivity contribution in [2.24, 2.45) is 5.92 Å². The number of aromatic nitrogens is 1. The fraction of sp³-hybridized carbons (Fsp3) is 0.524. The molecule has 2 bridgehead atoms. The van der Waals surface area contributed by atoms with Gasteiger partial charge in [0.05, 0.1) is 18.7 Å². The molecule has 1 aliphatic heterocycles. The number of nitrogens with zero attached hydrogens (tertiary/aromatic N) is 1. The lowest BCUT2D eigenvalue weighted by atomic mass is 10.0. The van der Waals surface area contributed by atoms with Crippen molar-refractivity contribution in [1.82, 2.24) is 20.9 Å². The maximum absolute atomic E-state index is 12.9. The normalized spacial score (nSPS) is 24.9. The number of hydrogen-bond acceptors (Lipinski definition) is 9. The SMILES string of the molecule is C/C=C1\NC(O)c2csc(n2)CNC(=O)C[C@@H](/C=C/CCS)OC(=O)[C@H](C(C)C)NC1=O. The van der Waals surface area contributed by atoms with Gasteiger partial charge in [-0.2, -0.15) is 12.6 Å². The zero-order chi connectivity index (χ0) is 23.7. The number of aliphatic hydroxyl groups is 1. The molecule has 3 atom stereocenters. The van der Waals surface area contributed by atoms with Crippen LogP contribution in [0, 0.1) is 5.92 Å². The first-order valence-electron chi connectivity index (χ1n) is 10.4. The molecule has 0 fully saturated rings. The highest BCUT2D eigenvalue weighted by Crippen LogP contribution is 2.17. The van der Waals surface area contributed by atoms with Crippen molar-refractivity contribution in [2.75, 3.05) is 5.75 Å². The molecule has 2 rings (SSSR count). The monoisotopic (exact) mass is 482 g/mol. The maximum atomic E-state index is 12.9. The summed E-state index contributed by atoms with van der Waals surface area (Å²) in [5.41, 5.74) is 0.419. The van der Waals surface area contributed by atoms with Gasteiger partial charge in [-0.1, -0.05) is 26.0 Å². The van der Waals surface area contributed by atoms with Gasteiger partial charge < -0.3 is 25.8 Å². The Morgan fingerprint density at radius 1 is 1.34 bits per heavy atom. The van der Waals surface area contributed by atoms with Crippen molar-refractivity contribution >= 4 is 41.7 Å². The molecule has 1 aromatic heterocycles. The summed E-state index contributed by atoms with van der Waals surface area (Å²) in [6.07, 6.45) is 3.52. The third-order valence-electron chi connectivity index (χ3n) is 4.62. The maximum Gasteiger partial charge on any atom is 0.329 e. The van der Waals surface area contributed by atoms with Gasteiger partial charge in [-0.15, -0.1) is 11.3 Å². The molecule has 11 heteroatoms. The minimum atomic E-state index is -1.23. The number of fused-ring (bicyclic) bond motifs is 2. The molecule has 1 aliphatic rings. The molecular formula is C21H30N4O5S2. The average molecular weight is 483 g/mol. The van der Waals surface area contributed by atoms with Gasteiger partial charge in [0.25, 0.3) is 5.91 Å². The van der Waals surface area contributed by atoms with Gasteiger partial charge in [-0.3, -0.25) is 9.59 Å². The van der Waals surface area contributed by atoms with Gasteiger partial charge >= 0.3 is 5.97 Å². The summed E-state index contributed by atoms with van der Waals surface area (Å²) in [5, 5.41) is 20.8. The molecule has 4 N–H and O–H groups in total. The highest BCUT2D eigenvalue weighted by molar-refractivity contribution is 7.80. The smallest absolute Gasteiger partial charge is 0.329 e. The Kier molecular flexibility index (Phi) is 10.2. The van der Waals surface area contributed by atoms with Crippen molar-refractivity contribution in [3.05, 3.63) is 40.0 Å². The van der Waals surface area contributed by atoms with Crippen LogP contribution in [-0.2, 0) is 25.7 Å².